The molecule has 10 heteroatoms. The number of hydrogen-bond acceptors (Lipinski definition) is 8. The lowest BCUT2D eigenvalue weighted by Crippen LogP contribution is -2.38. The topological polar surface area (TPSA) is 115 Å². The van der Waals surface area contributed by atoms with Gasteiger partial charge in [0.15, 0.2) is 11.6 Å². The van der Waals surface area contributed by atoms with Crippen LogP contribution in [0.5, 0.6) is 0 Å². The minimum absolute atomic E-state index is 0.0155. The SMILES string of the molecule is O=C(Nc1onc2c1CCCC2)C1CCN(c2ccc(-n3cncn3)nn2)CC1. The van der Waals surface area contributed by atoms with Crippen molar-refractivity contribution in [3.8, 4) is 5.82 Å². The Bertz CT molecular complexity index is 974. The number of piperidine rings is 1. The highest BCUT2D eigenvalue weighted by atomic mass is 16.5. The van der Waals surface area contributed by atoms with Gasteiger partial charge >= 0.3 is 0 Å². The maximum atomic E-state index is 12.7. The van der Waals surface area contributed by atoms with E-state index >= 15 is 0 Å². The molecule has 150 valence electrons. The first kappa shape index (κ1) is 17.8. The van der Waals surface area contributed by atoms with Gasteiger partial charge in [-0.05, 0) is 50.7 Å². The Labute approximate surface area is 167 Å². The normalized spacial score (nSPS) is 17.2. The van der Waals surface area contributed by atoms with Crippen molar-refractivity contribution in [2.45, 2.75) is 38.5 Å². The fourth-order valence-corrected chi connectivity index (χ4v) is 4.01. The maximum absolute atomic E-state index is 12.7. The van der Waals surface area contributed by atoms with Gasteiger partial charge in [-0.1, -0.05) is 5.16 Å². The van der Waals surface area contributed by atoms with E-state index in [4.69, 9.17) is 4.52 Å². The van der Waals surface area contributed by atoms with E-state index < -0.39 is 0 Å². The number of rotatable bonds is 4. The standard InChI is InChI=1S/C19H22N8O2/c28-18(22-19-14-3-1-2-4-15(14)25-29-19)13-7-9-26(10-8-13)16-5-6-17(24-23-16)27-12-20-11-21-27/h5-6,11-13H,1-4,7-10H2,(H,22,28). The molecular weight excluding hydrogens is 372 g/mol. The van der Waals surface area contributed by atoms with Crippen LogP contribution in [0.25, 0.3) is 5.82 Å². The number of hydrogen-bond donors (Lipinski definition) is 1. The van der Waals surface area contributed by atoms with E-state index in [9.17, 15) is 4.79 Å². The second kappa shape index (κ2) is 7.61. The molecule has 4 heterocycles. The smallest absolute Gasteiger partial charge is 0.234 e. The Morgan fingerprint density at radius 2 is 1.90 bits per heavy atom. The number of nitrogens with one attached hydrogen (secondary N) is 1. The molecule has 3 aromatic heterocycles. The second-order valence-electron chi connectivity index (χ2n) is 7.48. The van der Waals surface area contributed by atoms with Gasteiger partial charge in [0.1, 0.15) is 12.7 Å². The summed E-state index contributed by atoms with van der Waals surface area (Å²) in [5, 5.41) is 19.6. The van der Waals surface area contributed by atoms with Gasteiger partial charge in [0.05, 0.1) is 5.69 Å². The molecule has 3 aromatic rings. The Kier molecular flexibility index (Phi) is 4.66. The highest BCUT2D eigenvalue weighted by molar-refractivity contribution is 5.92. The van der Waals surface area contributed by atoms with E-state index in [0.717, 1.165) is 68.7 Å². The second-order valence-corrected chi connectivity index (χ2v) is 7.48. The van der Waals surface area contributed by atoms with E-state index in [-0.39, 0.29) is 11.8 Å². The van der Waals surface area contributed by atoms with Crippen LogP contribution in [0.2, 0.25) is 0 Å². The Morgan fingerprint density at radius 1 is 1.10 bits per heavy atom. The minimum atomic E-state index is -0.0435. The minimum Gasteiger partial charge on any atom is -0.355 e. The number of carbonyl (C=O) groups is 1. The molecule has 0 atom stereocenters. The molecule has 29 heavy (non-hydrogen) atoms. The molecule has 1 saturated heterocycles. The van der Waals surface area contributed by atoms with Crippen molar-refractivity contribution in [1.82, 2.24) is 30.1 Å². The zero-order valence-electron chi connectivity index (χ0n) is 16.0. The van der Waals surface area contributed by atoms with Crippen molar-refractivity contribution >= 4 is 17.6 Å². The monoisotopic (exact) mass is 394 g/mol. The molecule has 1 amide bonds. The quantitative estimate of drug-likeness (QED) is 0.712. The first-order valence-electron chi connectivity index (χ1n) is 10.00. The molecule has 1 N–H and O–H groups in total. The van der Waals surface area contributed by atoms with Crippen molar-refractivity contribution < 1.29 is 9.32 Å². The predicted molar refractivity (Wildman–Crippen MR) is 104 cm³/mol. The average molecular weight is 394 g/mol. The number of aromatic nitrogens is 6. The molecule has 2 aliphatic rings. The van der Waals surface area contributed by atoms with Crippen LogP contribution in [0.3, 0.4) is 0 Å². The summed E-state index contributed by atoms with van der Waals surface area (Å²) in [6.45, 7) is 1.51. The molecule has 1 aliphatic heterocycles. The van der Waals surface area contributed by atoms with Gasteiger partial charge in [0, 0.05) is 24.6 Å². The molecule has 1 aliphatic carbocycles. The molecular formula is C19H22N8O2. The molecule has 0 radical (unpaired) electrons. The summed E-state index contributed by atoms with van der Waals surface area (Å²) in [5.41, 5.74) is 2.07. The van der Waals surface area contributed by atoms with Gasteiger partial charge in [0.2, 0.25) is 11.8 Å². The van der Waals surface area contributed by atoms with Gasteiger partial charge in [-0.2, -0.15) is 5.10 Å². The Hall–Kier alpha value is -3.30. The number of carbonyl (C=O) groups excluding carboxylic acids is 1. The summed E-state index contributed by atoms with van der Waals surface area (Å²) >= 11 is 0. The maximum Gasteiger partial charge on any atom is 0.234 e. The Balaban J connectivity index is 1.18. The summed E-state index contributed by atoms with van der Waals surface area (Å²) in [6, 6.07) is 3.79. The summed E-state index contributed by atoms with van der Waals surface area (Å²) < 4.78 is 6.95. The van der Waals surface area contributed by atoms with Crippen LogP contribution < -0.4 is 10.2 Å². The molecule has 0 saturated carbocycles. The van der Waals surface area contributed by atoms with Crippen molar-refractivity contribution in [3.63, 3.8) is 0 Å². The lowest BCUT2D eigenvalue weighted by molar-refractivity contribution is -0.120. The third kappa shape index (κ3) is 3.57. The summed E-state index contributed by atoms with van der Waals surface area (Å²) in [7, 11) is 0. The molecule has 0 unspecified atom stereocenters. The van der Waals surface area contributed by atoms with Gasteiger partial charge in [-0.3, -0.25) is 10.1 Å². The van der Waals surface area contributed by atoms with Crippen molar-refractivity contribution in [2.24, 2.45) is 5.92 Å². The van der Waals surface area contributed by atoms with Gasteiger partial charge in [-0.25, -0.2) is 9.67 Å². The zero-order chi connectivity index (χ0) is 19.6. The lowest BCUT2D eigenvalue weighted by atomic mass is 9.95. The number of amides is 1. The Morgan fingerprint density at radius 3 is 2.66 bits per heavy atom. The van der Waals surface area contributed by atoms with Crippen LogP contribution >= 0.6 is 0 Å². The van der Waals surface area contributed by atoms with Crippen LogP contribution in [0.4, 0.5) is 11.7 Å². The van der Waals surface area contributed by atoms with Crippen molar-refractivity contribution in [2.75, 3.05) is 23.3 Å². The highest BCUT2D eigenvalue weighted by Crippen LogP contribution is 2.29. The summed E-state index contributed by atoms with van der Waals surface area (Å²) in [5.74, 6) is 1.94. The molecule has 5 rings (SSSR count). The number of nitrogens with zero attached hydrogens (tertiary/aromatic N) is 7. The molecule has 0 aromatic carbocycles. The molecule has 0 bridgehead atoms. The number of aryl methyl sites for hydroxylation is 1. The molecule has 0 spiro atoms. The first-order valence-corrected chi connectivity index (χ1v) is 10.00. The van der Waals surface area contributed by atoms with Crippen LogP contribution in [0, 0.1) is 5.92 Å². The average Bonchev–Trinajstić information content (AvgIpc) is 3.45. The predicted octanol–water partition coefficient (Wildman–Crippen LogP) is 1.78. The zero-order valence-corrected chi connectivity index (χ0v) is 16.0. The van der Waals surface area contributed by atoms with Crippen LogP contribution in [0.15, 0.2) is 29.3 Å². The third-order valence-corrected chi connectivity index (χ3v) is 5.68. The van der Waals surface area contributed by atoms with E-state index in [2.05, 4.69) is 35.7 Å². The van der Waals surface area contributed by atoms with Gasteiger partial charge in [0.25, 0.3) is 0 Å². The van der Waals surface area contributed by atoms with Crippen LogP contribution in [0.1, 0.15) is 36.9 Å². The first-order chi connectivity index (χ1) is 14.3. The largest absolute Gasteiger partial charge is 0.355 e. The van der Waals surface area contributed by atoms with Crippen molar-refractivity contribution in [1.29, 1.82) is 0 Å². The molecule has 1 fully saturated rings. The number of fused-ring (bicyclic) bond motifs is 1. The van der Waals surface area contributed by atoms with E-state index in [1.54, 1.807) is 11.0 Å². The summed E-state index contributed by atoms with van der Waals surface area (Å²) in [4.78, 5) is 18.8. The van der Waals surface area contributed by atoms with E-state index in [1.165, 1.54) is 6.33 Å². The van der Waals surface area contributed by atoms with E-state index in [1.807, 2.05) is 12.1 Å². The van der Waals surface area contributed by atoms with Gasteiger partial charge < -0.3 is 9.42 Å². The fourth-order valence-electron chi connectivity index (χ4n) is 4.01. The highest BCUT2D eigenvalue weighted by Gasteiger charge is 2.28. The van der Waals surface area contributed by atoms with Crippen LogP contribution in [-0.2, 0) is 17.6 Å². The number of anilines is 2. The third-order valence-electron chi connectivity index (χ3n) is 5.68. The summed E-state index contributed by atoms with van der Waals surface area (Å²) in [6.07, 6.45) is 8.67. The van der Waals surface area contributed by atoms with Crippen molar-refractivity contribution in [3.05, 3.63) is 36.0 Å². The van der Waals surface area contributed by atoms with Crippen LogP contribution in [-0.4, -0.2) is 49.1 Å². The fraction of sp³-hybridized carbons (Fsp3) is 0.474. The lowest BCUT2D eigenvalue weighted by Gasteiger charge is -2.31. The van der Waals surface area contributed by atoms with E-state index in [0.29, 0.717) is 11.7 Å². The molecule has 10 nitrogen and oxygen atoms in total. The van der Waals surface area contributed by atoms with Gasteiger partial charge in [-0.15, -0.1) is 10.2 Å².